The summed E-state index contributed by atoms with van der Waals surface area (Å²) in [6.45, 7) is 3.19. The van der Waals surface area contributed by atoms with Crippen LogP contribution in [0.3, 0.4) is 0 Å². The highest BCUT2D eigenvalue weighted by Gasteiger charge is 2.30. The first-order chi connectivity index (χ1) is 9.56. The van der Waals surface area contributed by atoms with Crippen molar-refractivity contribution in [1.82, 2.24) is 10.2 Å². The van der Waals surface area contributed by atoms with Gasteiger partial charge in [0.25, 0.3) is 0 Å². The number of aliphatic carboxylic acids is 1. The Hall–Kier alpha value is -1.10. The molecule has 1 heterocycles. The van der Waals surface area contributed by atoms with Gasteiger partial charge < -0.3 is 10.4 Å². The fourth-order valence-electron chi connectivity index (χ4n) is 3.32. The molecule has 114 valence electrons. The topological polar surface area (TPSA) is 69.6 Å². The highest BCUT2D eigenvalue weighted by molar-refractivity contribution is 5.80. The summed E-state index contributed by atoms with van der Waals surface area (Å²) in [5.41, 5.74) is 0. The standard InChI is InChI=1S/C15H26N2O3/c1-11-5-7-12(8-6-11)16-14(18)10-17-9-3-2-4-13(17)15(19)20/h11-13H,2-10H2,1H3,(H,16,18)(H,19,20). The van der Waals surface area contributed by atoms with Crippen LogP contribution >= 0.6 is 0 Å². The molecule has 1 saturated heterocycles. The maximum absolute atomic E-state index is 12.1. The second-order valence-electron chi connectivity index (χ2n) is 6.34. The van der Waals surface area contributed by atoms with Crippen LogP contribution in [-0.2, 0) is 9.59 Å². The Morgan fingerprint density at radius 1 is 1.15 bits per heavy atom. The Kier molecular flexibility index (Phi) is 5.40. The average Bonchev–Trinajstić information content (AvgIpc) is 2.41. The van der Waals surface area contributed by atoms with E-state index in [1.807, 2.05) is 4.90 Å². The predicted molar refractivity (Wildman–Crippen MR) is 76.4 cm³/mol. The molecule has 1 saturated carbocycles. The van der Waals surface area contributed by atoms with Gasteiger partial charge in [-0.1, -0.05) is 13.3 Å². The first-order valence-corrected chi connectivity index (χ1v) is 7.82. The number of hydrogen-bond donors (Lipinski definition) is 2. The summed E-state index contributed by atoms with van der Waals surface area (Å²) < 4.78 is 0. The van der Waals surface area contributed by atoms with Crippen LogP contribution in [0.2, 0.25) is 0 Å². The third-order valence-electron chi connectivity index (χ3n) is 4.63. The molecule has 0 spiro atoms. The molecular weight excluding hydrogens is 256 g/mol. The Bertz CT molecular complexity index is 351. The maximum atomic E-state index is 12.1. The van der Waals surface area contributed by atoms with Crippen LogP contribution in [0.15, 0.2) is 0 Å². The summed E-state index contributed by atoms with van der Waals surface area (Å²) in [7, 11) is 0. The van der Waals surface area contributed by atoms with E-state index in [2.05, 4.69) is 12.2 Å². The van der Waals surface area contributed by atoms with Gasteiger partial charge in [0, 0.05) is 6.04 Å². The third kappa shape index (κ3) is 4.20. The molecule has 5 heteroatoms. The van der Waals surface area contributed by atoms with Crippen molar-refractivity contribution < 1.29 is 14.7 Å². The molecule has 2 N–H and O–H groups in total. The van der Waals surface area contributed by atoms with Crippen LogP contribution in [0.25, 0.3) is 0 Å². The Morgan fingerprint density at radius 3 is 2.50 bits per heavy atom. The first kappa shape index (κ1) is 15.3. The lowest BCUT2D eigenvalue weighted by Gasteiger charge is -2.33. The molecule has 0 bridgehead atoms. The quantitative estimate of drug-likeness (QED) is 0.822. The molecule has 1 aliphatic carbocycles. The van der Waals surface area contributed by atoms with Gasteiger partial charge in [0.2, 0.25) is 5.91 Å². The number of carbonyl (C=O) groups excluding carboxylic acids is 1. The van der Waals surface area contributed by atoms with Crippen molar-refractivity contribution in [2.75, 3.05) is 13.1 Å². The molecule has 1 atom stereocenters. The number of piperidine rings is 1. The highest BCUT2D eigenvalue weighted by Crippen LogP contribution is 2.23. The van der Waals surface area contributed by atoms with Crippen LogP contribution < -0.4 is 5.32 Å². The molecule has 0 aromatic heterocycles. The Balaban J connectivity index is 1.79. The van der Waals surface area contributed by atoms with E-state index in [4.69, 9.17) is 0 Å². The molecule has 2 aliphatic rings. The minimum atomic E-state index is -0.802. The number of carboxylic acids is 1. The monoisotopic (exact) mass is 282 g/mol. The van der Waals surface area contributed by atoms with Gasteiger partial charge in [0.1, 0.15) is 6.04 Å². The van der Waals surface area contributed by atoms with Crippen LogP contribution in [0.5, 0.6) is 0 Å². The summed E-state index contributed by atoms with van der Waals surface area (Å²) in [6, 6.07) is -0.201. The van der Waals surface area contributed by atoms with Crippen molar-refractivity contribution in [3.63, 3.8) is 0 Å². The first-order valence-electron chi connectivity index (χ1n) is 7.82. The molecule has 1 unspecified atom stereocenters. The number of carbonyl (C=O) groups is 2. The fourth-order valence-corrected chi connectivity index (χ4v) is 3.32. The molecular formula is C15H26N2O3. The SMILES string of the molecule is CC1CCC(NC(=O)CN2CCCCC2C(=O)O)CC1. The van der Waals surface area contributed by atoms with E-state index in [1.54, 1.807) is 0 Å². The Morgan fingerprint density at radius 2 is 1.85 bits per heavy atom. The average molecular weight is 282 g/mol. The summed E-state index contributed by atoms with van der Waals surface area (Å²) in [5, 5.41) is 12.3. The molecule has 0 aromatic carbocycles. The number of amides is 1. The van der Waals surface area contributed by atoms with E-state index in [0.29, 0.717) is 13.0 Å². The highest BCUT2D eigenvalue weighted by atomic mass is 16.4. The van der Waals surface area contributed by atoms with Gasteiger partial charge in [-0.2, -0.15) is 0 Å². The van der Waals surface area contributed by atoms with Gasteiger partial charge >= 0.3 is 5.97 Å². The van der Waals surface area contributed by atoms with Gasteiger partial charge in [-0.3, -0.25) is 14.5 Å². The normalized spacial score (nSPS) is 31.8. The number of rotatable bonds is 4. The van der Waals surface area contributed by atoms with E-state index in [-0.39, 0.29) is 18.5 Å². The van der Waals surface area contributed by atoms with Gasteiger partial charge in [-0.15, -0.1) is 0 Å². The number of hydrogen-bond acceptors (Lipinski definition) is 3. The van der Waals surface area contributed by atoms with Crippen LogP contribution in [0.4, 0.5) is 0 Å². The van der Waals surface area contributed by atoms with E-state index in [9.17, 15) is 14.7 Å². The van der Waals surface area contributed by atoms with Crippen molar-refractivity contribution in [3.05, 3.63) is 0 Å². The lowest BCUT2D eigenvalue weighted by Crippen LogP contribution is -2.50. The minimum Gasteiger partial charge on any atom is -0.480 e. The summed E-state index contributed by atoms with van der Waals surface area (Å²) in [4.78, 5) is 25.1. The minimum absolute atomic E-state index is 0.0160. The van der Waals surface area contributed by atoms with Crippen molar-refractivity contribution in [3.8, 4) is 0 Å². The molecule has 5 nitrogen and oxygen atoms in total. The smallest absolute Gasteiger partial charge is 0.320 e. The molecule has 1 amide bonds. The predicted octanol–water partition coefficient (Wildman–Crippen LogP) is 1.62. The zero-order chi connectivity index (χ0) is 14.5. The fraction of sp³-hybridized carbons (Fsp3) is 0.867. The lowest BCUT2D eigenvalue weighted by atomic mass is 9.87. The van der Waals surface area contributed by atoms with Gasteiger partial charge in [0.15, 0.2) is 0 Å². The van der Waals surface area contributed by atoms with Gasteiger partial charge in [0.05, 0.1) is 6.54 Å². The molecule has 20 heavy (non-hydrogen) atoms. The molecule has 0 aromatic rings. The number of likely N-dealkylation sites (tertiary alicyclic amines) is 1. The molecule has 0 radical (unpaired) electrons. The van der Waals surface area contributed by atoms with Crippen LogP contribution in [0, 0.1) is 5.92 Å². The van der Waals surface area contributed by atoms with E-state index < -0.39 is 12.0 Å². The molecule has 2 fully saturated rings. The number of nitrogens with zero attached hydrogens (tertiary/aromatic N) is 1. The summed E-state index contributed by atoms with van der Waals surface area (Å²) in [5.74, 6) is -0.0525. The zero-order valence-corrected chi connectivity index (χ0v) is 12.3. The third-order valence-corrected chi connectivity index (χ3v) is 4.63. The maximum Gasteiger partial charge on any atom is 0.320 e. The summed E-state index contributed by atoms with van der Waals surface area (Å²) in [6.07, 6.45) is 7.03. The summed E-state index contributed by atoms with van der Waals surface area (Å²) >= 11 is 0. The van der Waals surface area contributed by atoms with Crippen molar-refractivity contribution in [2.24, 2.45) is 5.92 Å². The van der Waals surface area contributed by atoms with E-state index in [1.165, 1.54) is 12.8 Å². The number of nitrogens with one attached hydrogen (secondary N) is 1. The van der Waals surface area contributed by atoms with Gasteiger partial charge in [-0.25, -0.2) is 0 Å². The largest absolute Gasteiger partial charge is 0.480 e. The number of carboxylic acid groups (broad SMARTS) is 1. The lowest BCUT2D eigenvalue weighted by molar-refractivity contribution is -0.145. The van der Waals surface area contributed by atoms with Crippen LogP contribution in [-0.4, -0.2) is 47.1 Å². The van der Waals surface area contributed by atoms with Crippen molar-refractivity contribution >= 4 is 11.9 Å². The zero-order valence-electron chi connectivity index (χ0n) is 12.3. The van der Waals surface area contributed by atoms with E-state index >= 15 is 0 Å². The van der Waals surface area contributed by atoms with Crippen LogP contribution in [0.1, 0.15) is 51.9 Å². The van der Waals surface area contributed by atoms with Crippen molar-refractivity contribution in [2.45, 2.75) is 64.0 Å². The molecule has 2 rings (SSSR count). The second kappa shape index (κ2) is 7.07. The van der Waals surface area contributed by atoms with Crippen molar-refractivity contribution in [1.29, 1.82) is 0 Å². The Labute approximate surface area is 120 Å². The molecule has 1 aliphatic heterocycles. The second-order valence-corrected chi connectivity index (χ2v) is 6.34. The van der Waals surface area contributed by atoms with Gasteiger partial charge in [-0.05, 0) is 51.0 Å². The van der Waals surface area contributed by atoms with E-state index in [0.717, 1.165) is 31.6 Å².